The fourth-order valence-corrected chi connectivity index (χ4v) is 4.14. The molecule has 0 aliphatic heterocycles. The van der Waals surface area contributed by atoms with Crippen LogP contribution in [0.3, 0.4) is 0 Å². The van der Waals surface area contributed by atoms with Gasteiger partial charge >= 0.3 is 0 Å². The maximum atomic E-state index is 12.1. The average molecular weight is 413 g/mol. The van der Waals surface area contributed by atoms with Gasteiger partial charge in [-0.1, -0.05) is 40.6 Å². The number of hydrogen-bond acceptors (Lipinski definition) is 5. The van der Waals surface area contributed by atoms with Crippen molar-refractivity contribution >= 4 is 67.6 Å². The number of thiazole rings is 1. The summed E-state index contributed by atoms with van der Waals surface area (Å²) in [6.45, 7) is 0. The zero-order chi connectivity index (χ0) is 17.8. The maximum Gasteiger partial charge on any atom is 0.236 e. The van der Waals surface area contributed by atoms with E-state index in [0.717, 1.165) is 21.5 Å². The molecule has 2 aromatic carbocycles. The molecule has 1 aromatic heterocycles. The number of methoxy groups -OCH3 is 1. The largest absolute Gasteiger partial charge is 0.497 e. The molecule has 0 bridgehead atoms. The summed E-state index contributed by atoms with van der Waals surface area (Å²) in [5.41, 5.74) is 1.86. The lowest BCUT2D eigenvalue weighted by molar-refractivity contribution is -0.113. The lowest BCUT2D eigenvalue weighted by atomic mass is 10.2. The van der Waals surface area contributed by atoms with Gasteiger partial charge in [0.05, 0.1) is 33.1 Å². The molecule has 0 aliphatic carbocycles. The topological polar surface area (TPSA) is 51.2 Å². The summed E-state index contributed by atoms with van der Waals surface area (Å²) in [7, 11) is 1.62. The smallest absolute Gasteiger partial charge is 0.236 e. The second-order valence-corrected chi connectivity index (χ2v) is 7.97. The van der Waals surface area contributed by atoms with Crippen LogP contribution in [0.25, 0.3) is 10.2 Å². The Morgan fingerprint density at radius 3 is 2.84 bits per heavy atom. The molecule has 0 atom stereocenters. The Kier molecular flexibility index (Phi) is 6.06. The zero-order valence-corrected chi connectivity index (χ0v) is 16.4. The van der Waals surface area contributed by atoms with Crippen molar-refractivity contribution in [3.8, 4) is 5.75 Å². The highest BCUT2D eigenvalue weighted by molar-refractivity contribution is 7.99. The van der Waals surface area contributed by atoms with E-state index in [9.17, 15) is 4.79 Å². The molecule has 4 nitrogen and oxygen atoms in total. The predicted molar refractivity (Wildman–Crippen MR) is 107 cm³/mol. The summed E-state index contributed by atoms with van der Waals surface area (Å²) in [6.07, 6.45) is 0. The van der Waals surface area contributed by atoms with Gasteiger partial charge in [-0.25, -0.2) is 4.98 Å². The minimum Gasteiger partial charge on any atom is -0.497 e. The first-order valence-corrected chi connectivity index (χ1v) is 10.0. The summed E-state index contributed by atoms with van der Waals surface area (Å²) in [5, 5.41) is 4.47. The number of nitrogens with one attached hydrogen (secondary N) is 1. The SMILES string of the molecule is COc1ccc2nc(NC(=O)CSCc3ccc(Cl)c(Cl)c3)sc2c1. The molecule has 8 heteroatoms. The fourth-order valence-electron chi connectivity index (χ4n) is 2.13. The predicted octanol–water partition coefficient (Wildman–Crippen LogP) is 5.48. The Morgan fingerprint density at radius 2 is 2.08 bits per heavy atom. The molecule has 1 amide bonds. The minimum atomic E-state index is -0.0870. The number of rotatable bonds is 6. The summed E-state index contributed by atoms with van der Waals surface area (Å²) >= 11 is 14.8. The Balaban J connectivity index is 1.54. The average Bonchev–Trinajstić information content (AvgIpc) is 2.99. The van der Waals surface area contributed by atoms with Crippen LogP contribution in [-0.4, -0.2) is 23.8 Å². The van der Waals surface area contributed by atoms with Crippen LogP contribution in [0.15, 0.2) is 36.4 Å². The van der Waals surface area contributed by atoms with Crippen molar-refractivity contribution < 1.29 is 9.53 Å². The molecule has 1 heterocycles. The maximum absolute atomic E-state index is 12.1. The minimum absolute atomic E-state index is 0.0870. The van der Waals surface area contributed by atoms with Gasteiger partial charge in [0.2, 0.25) is 5.91 Å². The molecule has 0 saturated carbocycles. The van der Waals surface area contributed by atoms with Crippen molar-refractivity contribution in [1.29, 1.82) is 0 Å². The van der Waals surface area contributed by atoms with Crippen LogP contribution < -0.4 is 10.1 Å². The number of aromatic nitrogens is 1. The van der Waals surface area contributed by atoms with Crippen LogP contribution in [0.4, 0.5) is 5.13 Å². The standard InChI is InChI=1S/C17H14Cl2N2O2S2/c1-23-11-3-5-14-15(7-11)25-17(20-14)21-16(22)9-24-8-10-2-4-12(18)13(19)6-10/h2-7H,8-9H2,1H3,(H,20,21,22). The van der Waals surface area contributed by atoms with E-state index in [4.69, 9.17) is 27.9 Å². The number of anilines is 1. The Morgan fingerprint density at radius 1 is 1.24 bits per heavy atom. The third kappa shape index (κ3) is 4.79. The molecule has 0 saturated heterocycles. The number of nitrogens with zero attached hydrogens (tertiary/aromatic N) is 1. The Bertz CT molecular complexity index is 915. The molecular weight excluding hydrogens is 399 g/mol. The van der Waals surface area contributed by atoms with Gasteiger partial charge in [-0.3, -0.25) is 4.79 Å². The number of carbonyl (C=O) groups is 1. The van der Waals surface area contributed by atoms with Crippen LogP contribution in [0.1, 0.15) is 5.56 Å². The van der Waals surface area contributed by atoms with Crippen molar-refractivity contribution in [3.63, 3.8) is 0 Å². The highest BCUT2D eigenvalue weighted by Crippen LogP contribution is 2.29. The van der Waals surface area contributed by atoms with Gasteiger partial charge < -0.3 is 10.1 Å². The molecule has 0 aliphatic rings. The zero-order valence-electron chi connectivity index (χ0n) is 13.2. The fraction of sp³-hybridized carbons (Fsp3) is 0.176. The summed E-state index contributed by atoms with van der Waals surface area (Å²) in [6, 6.07) is 11.1. The van der Waals surface area contributed by atoms with Crippen LogP contribution in [-0.2, 0) is 10.5 Å². The van der Waals surface area contributed by atoms with Crippen molar-refractivity contribution in [2.24, 2.45) is 0 Å². The number of hydrogen-bond donors (Lipinski definition) is 1. The molecule has 3 rings (SSSR count). The van der Waals surface area contributed by atoms with Crippen molar-refractivity contribution in [2.45, 2.75) is 5.75 Å². The van der Waals surface area contributed by atoms with Crippen LogP contribution in [0, 0.1) is 0 Å². The monoisotopic (exact) mass is 412 g/mol. The first-order chi connectivity index (χ1) is 12.0. The number of benzene rings is 2. The Hall–Kier alpha value is -1.47. The Labute approximate surface area is 163 Å². The number of fused-ring (bicyclic) bond motifs is 1. The van der Waals surface area contributed by atoms with E-state index in [0.29, 0.717) is 26.7 Å². The molecule has 1 N–H and O–H groups in total. The van der Waals surface area contributed by atoms with E-state index in [-0.39, 0.29) is 5.91 Å². The van der Waals surface area contributed by atoms with E-state index in [1.807, 2.05) is 30.3 Å². The number of carbonyl (C=O) groups excluding carboxylic acids is 1. The second-order valence-electron chi connectivity index (χ2n) is 5.14. The van der Waals surface area contributed by atoms with Gasteiger partial charge in [0.15, 0.2) is 5.13 Å². The number of amides is 1. The molecule has 0 fully saturated rings. The summed E-state index contributed by atoms with van der Waals surface area (Å²) in [4.78, 5) is 16.5. The summed E-state index contributed by atoms with van der Waals surface area (Å²) < 4.78 is 6.16. The van der Waals surface area contributed by atoms with E-state index in [1.165, 1.54) is 23.1 Å². The van der Waals surface area contributed by atoms with Crippen LogP contribution in [0.2, 0.25) is 10.0 Å². The van der Waals surface area contributed by atoms with E-state index in [2.05, 4.69) is 10.3 Å². The molecule has 0 spiro atoms. The van der Waals surface area contributed by atoms with E-state index in [1.54, 1.807) is 13.2 Å². The quantitative estimate of drug-likeness (QED) is 0.581. The molecule has 0 unspecified atom stereocenters. The number of halogens is 2. The molecule has 130 valence electrons. The first kappa shape index (κ1) is 18.3. The molecule has 3 aromatic rings. The van der Waals surface area contributed by atoms with E-state index < -0.39 is 0 Å². The number of thioether (sulfide) groups is 1. The molecular formula is C17H14Cl2N2O2S2. The second kappa shape index (κ2) is 8.27. The highest BCUT2D eigenvalue weighted by atomic mass is 35.5. The highest BCUT2D eigenvalue weighted by Gasteiger charge is 2.09. The van der Waals surface area contributed by atoms with Gasteiger partial charge in [-0.05, 0) is 35.9 Å². The normalized spacial score (nSPS) is 10.8. The first-order valence-electron chi connectivity index (χ1n) is 7.31. The lowest BCUT2D eigenvalue weighted by Crippen LogP contribution is -2.13. The van der Waals surface area contributed by atoms with Gasteiger partial charge in [0.1, 0.15) is 5.75 Å². The van der Waals surface area contributed by atoms with Crippen LogP contribution in [0.5, 0.6) is 5.75 Å². The lowest BCUT2D eigenvalue weighted by Gasteiger charge is -2.04. The van der Waals surface area contributed by atoms with Gasteiger partial charge in [-0.15, -0.1) is 11.8 Å². The molecule has 0 radical (unpaired) electrons. The number of ether oxygens (including phenoxy) is 1. The third-order valence-corrected chi connectivity index (χ3v) is 6.00. The third-order valence-electron chi connectivity index (χ3n) is 3.33. The van der Waals surface area contributed by atoms with Crippen molar-refractivity contribution in [2.75, 3.05) is 18.2 Å². The van der Waals surface area contributed by atoms with Crippen molar-refractivity contribution in [3.05, 3.63) is 52.0 Å². The van der Waals surface area contributed by atoms with Gasteiger partial charge in [0.25, 0.3) is 0 Å². The van der Waals surface area contributed by atoms with Crippen LogP contribution >= 0.6 is 46.3 Å². The van der Waals surface area contributed by atoms with Gasteiger partial charge in [0, 0.05) is 5.75 Å². The van der Waals surface area contributed by atoms with Gasteiger partial charge in [-0.2, -0.15) is 0 Å². The van der Waals surface area contributed by atoms with E-state index >= 15 is 0 Å². The summed E-state index contributed by atoms with van der Waals surface area (Å²) in [5.74, 6) is 1.70. The molecule has 25 heavy (non-hydrogen) atoms. The van der Waals surface area contributed by atoms with Crippen molar-refractivity contribution in [1.82, 2.24) is 4.98 Å².